The van der Waals surface area contributed by atoms with Gasteiger partial charge in [-0.2, -0.15) is 0 Å². The number of nitrogens with zero attached hydrogens (tertiary/aromatic N) is 2. The van der Waals surface area contributed by atoms with E-state index >= 15 is 0 Å². The Hall–Kier alpha value is -18.0. The minimum atomic E-state index is -0.542. The second-order valence-corrected chi connectivity index (χ2v) is 40.6. The maximum Gasteiger partial charge on any atom is 0.131 e. The smallest absolute Gasteiger partial charge is 0.131 e. The number of ether oxygens (including phenoxy) is 2. The lowest BCUT2D eigenvalue weighted by Crippen LogP contribution is -2.28. The molecule has 0 spiro atoms. The van der Waals surface area contributed by atoms with Crippen molar-refractivity contribution in [1.29, 1.82) is 0 Å². The van der Waals surface area contributed by atoms with Gasteiger partial charge in [0.1, 0.15) is 23.0 Å². The van der Waals surface area contributed by atoms with Crippen LogP contribution in [-0.4, -0.2) is 0 Å². The van der Waals surface area contributed by atoms with Gasteiger partial charge in [-0.3, -0.25) is 0 Å². The normalized spacial score (nSPS) is 13.5. The van der Waals surface area contributed by atoms with Crippen molar-refractivity contribution in [1.82, 2.24) is 0 Å². The van der Waals surface area contributed by atoms with E-state index in [0.717, 1.165) is 79.4 Å². The van der Waals surface area contributed by atoms with Crippen LogP contribution in [0.1, 0.15) is 97.2 Å². The third-order valence-corrected chi connectivity index (χ3v) is 31.0. The molecule has 0 atom stereocenters. The SMILES string of the molecule is CC1(C)c2ccccc2Oc2ccc(-c3ccc(N(c4ccc(-c5ccc6c(c5)C(c5ccccc5)(c5ccccc5)c5cc(-c7ccccc7)ccc5-6)cc4)c4ccc(-c5ccccc5-c5ccccc5)cc4)cc3)cc21.CC1(C)c2ccccc2Oc2ccc(-c3ccc(N(c4ccc(-c5cccc(-c6ccccc6)c5)cc4)c4ccc(-c5ccc6c(c5)C(C)(C)c5cc(-c7ccccc7)ccc5-6)cc4)cc3)cc21. The maximum atomic E-state index is 6.44. The van der Waals surface area contributed by atoms with Crippen LogP contribution in [0.3, 0.4) is 0 Å². The summed E-state index contributed by atoms with van der Waals surface area (Å²) < 4.78 is 12.8. The molecule has 26 rings (SSSR count). The molecule has 4 heteroatoms. The van der Waals surface area contributed by atoms with Crippen LogP contribution in [0.25, 0.3) is 134 Å². The highest BCUT2D eigenvalue weighted by atomic mass is 16.5. The minimum Gasteiger partial charge on any atom is -0.457 e. The summed E-state index contributed by atoms with van der Waals surface area (Å²) in [5.74, 6) is 3.70. The molecule has 696 valence electrons. The molecule has 0 saturated carbocycles. The molecular weight excluding hydrogens is 1770 g/mol. The Kier molecular flexibility index (Phi) is 22.6. The van der Waals surface area contributed by atoms with Gasteiger partial charge >= 0.3 is 0 Å². The first-order valence-electron chi connectivity index (χ1n) is 50.8. The van der Waals surface area contributed by atoms with Crippen molar-refractivity contribution in [3.05, 3.63) is 589 Å². The number of hydrogen-bond acceptors (Lipinski definition) is 4. The first-order valence-corrected chi connectivity index (χ1v) is 50.8. The molecule has 0 saturated heterocycles. The Labute approximate surface area is 856 Å². The summed E-state index contributed by atoms with van der Waals surface area (Å²) in [6.45, 7) is 13.9. The van der Waals surface area contributed by atoms with E-state index in [2.05, 4.69) is 573 Å². The first kappa shape index (κ1) is 89.4. The van der Waals surface area contributed by atoms with E-state index < -0.39 is 5.41 Å². The van der Waals surface area contributed by atoms with Gasteiger partial charge in [0.25, 0.3) is 0 Å². The zero-order valence-corrected chi connectivity index (χ0v) is 82.5. The molecule has 22 aromatic carbocycles. The van der Waals surface area contributed by atoms with Crippen LogP contribution in [0.15, 0.2) is 534 Å². The summed E-state index contributed by atoms with van der Waals surface area (Å²) in [5.41, 5.74) is 47.1. The predicted octanol–water partition coefficient (Wildman–Crippen LogP) is 38.5. The number of fused-ring (bicyclic) bond motifs is 10. The van der Waals surface area contributed by atoms with E-state index in [-0.39, 0.29) is 16.2 Å². The molecule has 2 aliphatic heterocycles. The monoisotopic (exact) mass is 1870 g/mol. The van der Waals surface area contributed by atoms with Crippen molar-refractivity contribution >= 4 is 34.1 Å². The highest BCUT2D eigenvalue weighted by molar-refractivity contribution is 5.94. The molecule has 4 nitrogen and oxygen atoms in total. The fourth-order valence-electron chi connectivity index (χ4n) is 23.3. The number of benzene rings is 22. The molecule has 2 heterocycles. The summed E-state index contributed by atoms with van der Waals surface area (Å²) in [7, 11) is 0. The van der Waals surface area contributed by atoms with Crippen LogP contribution < -0.4 is 19.3 Å². The van der Waals surface area contributed by atoms with Crippen LogP contribution in [0.4, 0.5) is 34.1 Å². The lowest BCUT2D eigenvalue weighted by atomic mass is 9.67. The molecular formula is C142H106N2O2. The highest BCUT2D eigenvalue weighted by Gasteiger charge is 2.47. The van der Waals surface area contributed by atoms with E-state index in [4.69, 9.17) is 9.47 Å². The third kappa shape index (κ3) is 16.0. The van der Waals surface area contributed by atoms with E-state index in [1.165, 1.54) is 167 Å². The van der Waals surface area contributed by atoms with Gasteiger partial charge in [-0.1, -0.05) is 436 Å². The molecule has 0 radical (unpaired) electrons. The van der Waals surface area contributed by atoms with Gasteiger partial charge in [-0.25, -0.2) is 0 Å². The van der Waals surface area contributed by atoms with Gasteiger partial charge in [0.2, 0.25) is 0 Å². The molecule has 0 unspecified atom stereocenters. The number of rotatable bonds is 18. The Balaban J connectivity index is 0.000000154. The minimum absolute atomic E-state index is 0.127. The lowest BCUT2D eigenvalue weighted by molar-refractivity contribution is 0.418. The second-order valence-electron chi connectivity index (χ2n) is 40.6. The zero-order chi connectivity index (χ0) is 98.2. The van der Waals surface area contributed by atoms with E-state index in [1.807, 2.05) is 12.1 Å². The van der Waals surface area contributed by atoms with Crippen LogP contribution in [0.5, 0.6) is 23.0 Å². The molecule has 0 fully saturated rings. The summed E-state index contributed by atoms with van der Waals surface area (Å²) in [4.78, 5) is 4.74. The van der Waals surface area contributed by atoms with Gasteiger partial charge in [0, 0.05) is 72.6 Å². The van der Waals surface area contributed by atoms with Crippen molar-refractivity contribution in [2.75, 3.05) is 9.80 Å². The summed E-state index contributed by atoms with van der Waals surface area (Å²) >= 11 is 0. The van der Waals surface area contributed by atoms with Crippen LogP contribution in [-0.2, 0) is 21.7 Å². The number of anilines is 6. The first-order chi connectivity index (χ1) is 71.6. The number of para-hydroxylation sites is 2. The Morgan fingerprint density at radius 1 is 0.137 bits per heavy atom. The standard InChI is InChI=1S/C76H55NO.C66H51NO/c1-75(2)69-29-17-18-30-73(69)78-74-48-39-59(51-72(74)75)54-33-42-63(43-34-54)77(64-44-35-56(36-45-64)66-28-16-15-27-65(66)55-21-9-4-10-22-55)62-40-31-53(32-41-62)58-38-47-68-67-46-37-57(52-19-7-3-8-20-52)49-70(67)76(71(68)50-58,60-23-11-5-12-24-60)61-25-13-6-14-26-61;1-65(2)59-20-11-12-21-63(59)68-64-39-30-53(43-62(64)65)48-26-35-56(36-27-48)67(54-31-22-46(23-32-54)50-19-13-18-49(40-50)44-14-7-5-8-15-44)55-33-24-47(25-34-55)52-29-38-58-57-37-28-51(45-16-9-6-10-17-45)41-60(57)66(3,4)61(58)42-52/h3-51H,1-2H3;5-43H,1-4H3. The van der Waals surface area contributed by atoms with Crippen LogP contribution >= 0.6 is 0 Å². The van der Waals surface area contributed by atoms with Crippen molar-refractivity contribution in [2.45, 2.75) is 63.2 Å². The molecule has 0 aromatic heterocycles. The fraction of sp³-hybridized carbons (Fsp3) is 0.0704. The van der Waals surface area contributed by atoms with Gasteiger partial charge in [-0.15, -0.1) is 0 Å². The Morgan fingerprint density at radius 2 is 0.342 bits per heavy atom. The topological polar surface area (TPSA) is 24.9 Å². The van der Waals surface area contributed by atoms with Crippen molar-refractivity contribution in [2.24, 2.45) is 0 Å². The fourth-order valence-corrected chi connectivity index (χ4v) is 23.3. The summed E-state index contributed by atoms with van der Waals surface area (Å²) in [6, 6.07) is 195. The highest BCUT2D eigenvalue weighted by Crippen LogP contribution is 2.60. The van der Waals surface area contributed by atoms with Crippen molar-refractivity contribution < 1.29 is 9.47 Å². The second kappa shape index (κ2) is 36.8. The average molecular weight is 1870 g/mol. The van der Waals surface area contributed by atoms with Gasteiger partial charge in [0.05, 0.1) is 5.41 Å². The summed E-state index contributed by atoms with van der Waals surface area (Å²) in [5, 5.41) is 0. The van der Waals surface area contributed by atoms with Gasteiger partial charge in [0.15, 0.2) is 0 Å². The molecule has 0 amide bonds. The Bertz CT molecular complexity index is 8620. The molecule has 0 N–H and O–H groups in total. The van der Waals surface area contributed by atoms with E-state index in [1.54, 1.807) is 0 Å². The Morgan fingerprint density at radius 3 is 0.664 bits per heavy atom. The molecule has 2 aliphatic carbocycles. The lowest BCUT2D eigenvalue weighted by Gasteiger charge is -2.34. The summed E-state index contributed by atoms with van der Waals surface area (Å²) in [6.07, 6.45) is 0. The molecule has 146 heavy (non-hydrogen) atoms. The van der Waals surface area contributed by atoms with Crippen LogP contribution in [0, 0.1) is 0 Å². The van der Waals surface area contributed by atoms with E-state index in [0.29, 0.717) is 0 Å². The predicted molar refractivity (Wildman–Crippen MR) is 609 cm³/mol. The number of hydrogen-bond donors (Lipinski definition) is 0. The van der Waals surface area contributed by atoms with Crippen molar-refractivity contribution in [3.63, 3.8) is 0 Å². The molecule has 0 bridgehead atoms. The van der Waals surface area contributed by atoms with E-state index in [9.17, 15) is 0 Å². The largest absolute Gasteiger partial charge is 0.457 e. The molecule has 4 aliphatic rings. The van der Waals surface area contributed by atoms with Crippen LogP contribution in [0.2, 0.25) is 0 Å². The zero-order valence-electron chi connectivity index (χ0n) is 82.5. The maximum absolute atomic E-state index is 6.44. The van der Waals surface area contributed by atoms with Crippen molar-refractivity contribution in [3.8, 4) is 157 Å². The average Bonchev–Trinajstić information content (AvgIpc) is 1.50. The van der Waals surface area contributed by atoms with Gasteiger partial charge < -0.3 is 19.3 Å². The third-order valence-electron chi connectivity index (χ3n) is 31.0. The van der Waals surface area contributed by atoms with Gasteiger partial charge in [-0.05, 0) is 306 Å². The molecule has 22 aromatic rings. The quantitative estimate of drug-likeness (QED) is 0.0855.